The maximum absolute atomic E-state index is 6.06. The van der Waals surface area contributed by atoms with Gasteiger partial charge in [0.25, 0.3) is 0 Å². The van der Waals surface area contributed by atoms with Crippen LogP contribution in [0.5, 0.6) is 0 Å². The van der Waals surface area contributed by atoms with E-state index >= 15 is 0 Å². The largest absolute Gasteiger partial charge is 0.378 e. The fraction of sp³-hybridized carbons (Fsp3) is 1.00. The van der Waals surface area contributed by atoms with Gasteiger partial charge in [0, 0.05) is 38.3 Å². The minimum Gasteiger partial charge on any atom is -0.378 e. The van der Waals surface area contributed by atoms with Crippen LogP contribution in [-0.4, -0.2) is 61.2 Å². The maximum atomic E-state index is 6.06. The molecule has 158 valence electrons. The van der Waals surface area contributed by atoms with E-state index in [2.05, 4.69) is 46.4 Å². The number of hydrogen-bond acceptors (Lipinski definition) is 4. The lowest BCUT2D eigenvalue weighted by atomic mass is 9.61. The fourth-order valence-electron chi connectivity index (χ4n) is 4.93. The average Bonchev–Trinajstić information content (AvgIpc) is 2.39. The third kappa shape index (κ3) is 6.69. The Morgan fingerprint density at radius 3 is 2.07 bits per heavy atom. The highest BCUT2D eigenvalue weighted by Gasteiger charge is 2.53. The van der Waals surface area contributed by atoms with Gasteiger partial charge in [0.2, 0.25) is 0 Å². The SMILES string of the molecule is CC(C)(C)OCCCCOC1CC2(C1)CN(CC1CC(OC(C)(C)C)C1)C2. The summed E-state index contributed by atoms with van der Waals surface area (Å²) in [5.41, 5.74) is 0.597. The monoisotopic (exact) mass is 381 g/mol. The smallest absolute Gasteiger partial charge is 0.0602 e. The zero-order chi connectivity index (χ0) is 19.7. The van der Waals surface area contributed by atoms with Crippen molar-refractivity contribution in [1.29, 1.82) is 0 Å². The lowest BCUT2D eigenvalue weighted by Crippen LogP contribution is -2.65. The van der Waals surface area contributed by atoms with Gasteiger partial charge in [-0.15, -0.1) is 0 Å². The van der Waals surface area contributed by atoms with Crippen molar-refractivity contribution in [3.63, 3.8) is 0 Å². The summed E-state index contributed by atoms with van der Waals surface area (Å²) in [6.07, 6.45) is 8.31. The van der Waals surface area contributed by atoms with E-state index < -0.39 is 0 Å². The zero-order valence-electron chi connectivity index (χ0n) is 18.7. The summed E-state index contributed by atoms with van der Waals surface area (Å²) in [6, 6.07) is 0. The molecule has 27 heavy (non-hydrogen) atoms. The molecular formula is C23H43NO3. The second-order valence-electron chi connectivity index (χ2n) is 11.4. The summed E-state index contributed by atoms with van der Waals surface area (Å²) < 4.78 is 17.9. The molecule has 2 aliphatic carbocycles. The number of likely N-dealkylation sites (tertiary alicyclic amines) is 1. The van der Waals surface area contributed by atoms with Crippen LogP contribution in [0.3, 0.4) is 0 Å². The van der Waals surface area contributed by atoms with Gasteiger partial charge in [-0.2, -0.15) is 0 Å². The van der Waals surface area contributed by atoms with Crippen LogP contribution in [0.4, 0.5) is 0 Å². The molecule has 2 saturated carbocycles. The molecule has 0 radical (unpaired) electrons. The highest BCUT2D eigenvalue weighted by atomic mass is 16.5. The number of hydrogen-bond donors (Lipinski definition) is 0. The molecule has 0 aromatic rings. The number of ether oxygens (including phenoxy) is 3. The van der Waals surface area contributed by atoms with Crippen molar-refractivity contribution in [1.82, 2.24) is 4.90 Å². The third-order valence-corrected chi connectivity index (χ3v) is 6.10. The molecule has 1 aliphatic heterocycles. The summed E-state index contributed by atoms with van der Waals surface area (Å²) in [5, 5.41) is 0. The summed E-state index contributed by atoms with van der Waals surface area (Å²) in [5.74, 6) is 0.858. The molecule has 0 aromatic heterocycles. The van der Waals surface area contributed by atoms with Crippen molar-refractivity contribution in [2.75, 3.05) is 32.8 Å². The van der Waals surface area contributed by atoms with Crippen molar-refractivity contribution >= 4 is 0 Å². The summed E-state index contributed by atoms with van der Waals surface area (Å²) in [4.78, 5) is 2.66. The minimum atomic E-state index is -0.0166. The lowest BCUT2D eigenvalue weighted by molar-refractivity contribution is -0.164. The first-order valence-corrected chi connectivity index (χ1v) is 11.2. The van der Waals surface area contributed by atoms with E-state index in [1.165, 1.54) is 45.3 Å². The normalized spacial score (nSPS) is 28.7. The predicted molar refractivity (Wildman–Crippen MR) is 110 cm³/mol. The van der Waals surface area contributed by atoms with E-state index in [4.69, 9.17) is 14.2 Å². The van der Waals surface area contributed by atoms with Crippen LogP contribution < -0.4 is 0 Å². The molecular weight excluding hydrogens is 338 g/mol. The molecule has 3 aliphatic rings. The van der Waals surface area contributed by atoms with Gasteiger partial charge in [-0.3, -0.25) is 0 Å². The van der Waals surface area contributed by atoms with Gasteiger partial charge in [-0.05, 0) is 86.0 Å². The first kappa shape index (κ1) is 21.5. The maximum Gasteiger partial charge on any atom is 0.0602 e. The van der Waals surface area contributed by atoms with Crippen LogP contribution in [0.15, 0.2) is 0 Å². The van der Waals surface area contributed by atoms with Crippen molar-refractivity contribution in [3.8, 4) is 0 Å². The van der Waals surface area contributed by atoms with Crippen LogP contribution in [-0.2, 0) is 14.2 Å². The van der Waals surface area contributed by atoms with Gasteiger partial charge in [0.05, 0.1) is 23.4 Å². The van der Waals surface area contributed by atoms with Crippen molar-refractivity contribution in [2.24, 2.45) is 11.3 Å². The summed E-state index contributed by atoms with van der Waals surface area (Å²) in [6.45, 7) is 18.4. The Balaban J connectivity index is 1.16. The Hall–Kier alpha value is -0.160. The number of rotatable bonds is 9. The molecule has 0 amide bonds. The standard InChI is InChI=1S/C23H43NO3/c1-21(2,3)26-10-8-7-9-25-20-13-23(14-20)16-24(17-23)15-18-11-19(12-18)27-22(4,5)6/h18-20H,7-17H2,1-6H3. The molecule has 0 N–H and O–H groups in total. The van der Waals surface area contributed by atoms with Crippen molar-refractivity contribution in [2.45, 2.75) is 103 Å². The molecule has 4 heteroatoms. The number of unbranched alkanes of at least 4 members (excludes halogenated alkanes) is 1. The first-order chi connectivity index (χ1) is 12.5. The Kier molecular flexibility index (Phi) is 6.62. The number of nitrogens with zero attached hydrogens (tertiary/aromatic N) is 1. The van der Waals surface area contributed by atoms with Crippen LogP contribution in [0.25, 0.3) is 0 Å². The third-order valence-electron chi connectivity index (χ3n) is 6.10. The fourth-order valence-corrected chi connectivity index (χ4v) is 4.93. The molecule has 0 atom stereocenters. The average molecular weight is 382 g/mol. The van der Waals surface area contributed by atoms with E-state index in [1.807, 2.05) is 0 Å². The Labute approximate surface area is 167 Å². The van der Waals surface area contributed by atoms with Crippen molar-refractivity contribution < 1.29 is 14.2 Å². The molecule has 1 heterocycles. The van der Waals surface area contributed by atoms with Gasteiger partial charge in [-0.25, -0.2) is 0 Å². The Morgan fingerprint density at radius 2 is 1.48 bits per heavy atom. The van der Waals surface area contributed by atoms with E-state index in [-0.39, 0.29) is 11.2 Å². The summed E-state index contributed by atoms with van der Waals surface area (Å²) in [7, 11) is 0. The molecule has 1 saturated heterocycles. The molecule has 1 spiro atoms. The van der Waals surface area contributed by atoms with Gasteiger partial charge >= 0.3 is 0 Å². The second kappa shape index (κ2) is 8.30. The predicted octanol–water partition coefficient (Wildman–Crippen LogP) is 4.66. The topological polar surface area (TPSA) is 30.9 Å². The lowest BCUT2D eigenvalue weighted by Gasteiger charge is -2.60. The second-order valence-corrected chi connectivity index (χ2v) is 11.4. The van der Waals surface area contributed by atoms with Crippen LogP contribution >= 0.6 is 0 Å². The van der Waals surface area contributed by atoms with E-state index in [0.717, 1.165) is 32.0 Å². The molecule has 3 fully saturated rings. The van der Waals surface area contributed by atoms with Gasteiger partial charge < -0.3 is 19.1 Å². The van der Waals surface area contributed by atoms with Crippen LogP contribution in [0, 0.1) is 11.3 Å². The molecule has 0 bridgehead atoms. The quantitative estimate of drug-likeness (QED) is 0.544. The van der Waals surface area contributed by atoms with Gasteiger partial charge in [0.1, 0.15) is 0 Å². The van der Waals surface area contributed by atoms with E-state index in [9.17, 15) is 0 Å². The molecule has 4 nitrogen and oxygen atoms in total. The Morgan fingerprint density at radius 1 is 0.852 bits per heavy atom. The highest BCUT2D eigenvalue weighted by molar-refractivity contribution is 5.05. The van der Waals surface area contributed by atoms with Gasteiger partial charge in [-0.1, -0.05) is 0 Å². The van der Waals surface area contributed by atoms with E-state index in [0.29, 0.717) is 17.6 Å². The van der Waals surface area contributed by atoms with Crippen molar-refractivity contribution in [3.05, 3.63) is 0 Å². The first-order valence-electron chi connectivity index (χ1n) is 11.2. The molecule has 0 unspecified atom stereocenters. The summed E-state index contributed by atoms with van der Waals surface area (Å²) >= 11 is 0. The molecule has 3 rings (SSSR count). The molecule has 0 aromatic carbocycles. The highest BCUT2D eigenvalue weighted by Crippen LogP contribution is 2.50. The van der Waals surface area contributed by atoms with Crippen LogP contribution in [0.2, 0.25) is 0 Å². The van der Waals surface area contributed by atoms with Gasteiger partial charge in [0.15, 0.2) is 0 Å². The zero-order valence-corrected chi connectivity index (χ0v) is 18.7. The Bertz CT molecular complexity index is 459. The van der Waals surface area contributed by atoms with Crippen LogP contribution in [0.1, 0.15) is 80.1 Å². The minimum absolute atomic E-state index is 0.0109. The van der Waals surface area contributed by atoms with E-state index in [1.54, 1.807) is 0 Å².